The highest BCUT2D eigenvalue weighted by atomic mass is 35.5. The lowest BCUT2D eigenvalue weighted by molar-refractivity contribution is -0.110. The van der Waals surface area contributed by atoms with Crippen LogP contribution in [0.5, 0.6) is 0 Å². The summed E-state index contributed by atoms with van der Waals surface area (Å²) in [6, 6.07) is 6.27. The Hall–Kier alpha value is -1.42. The zero-order valence-corrected chi connectivity index (χ0v) is 9.08. The average molecular weight is 242 g/mol. The van der Waals surface area contributed by atoms with E-state index < -0.39 is 6.10 Å². The average Bonchev–Trinajstić information content (AvgIpc) is 2.78. The molecule has 0 fully saturated rings. The van der Waals surface area contributed by atoms with E-state index in [1.54, 1.807) is 18.2 Å². The van der Waals surface area contributed by atoms with Gasteiger partial charge in [0.2, 0.25) is 0 Å². The molecule has 2 rings (SSSR count). The second-order valence-electron chi connectivity index (χ2n) is 3.41. The fourth-order valence-corrected chi connectivity index (χ4v) is 1.68. The maximum absolute atomic E-state index is 13.4. The van der Waals surface area contributed by atoms with Gasteiger partial charge in [0.15, 0.2) is 11.9 Å². The second kappa shape index (κ2) is 4.61. The van der Waals surface area contributed by atoms with Crippen molar-refractivity contribution in [1.29, 1.82) is 0 Å². The van der Waals surface area contributed by atoms with Crippen LogP contribution in [0.2, 0.25) is 0 Å². The van der Waals surface area contributed by atoms with Crippen molar-refractivity contribution in [2.75, 3.05) is 5.88 Å². The van der Waals surface area contributed by atoms with E-state index in [9.17, 15) is 9.18 Å². The number of oxime groups is 1. The summed E-state index contributed by atoms with van der Waals surface area (Å²) in [6.07, 6.45) is -0.254. The van der Waals surface area contributed by atoms with E-state index in [0.29, 0.717) is 5.56 Å². The van der Waals surface area contributed by atoms with E-state index >= 15 is 0 Å². The van der Waals surface area contributed by atoms with Crippen LogP contribution in [0.3, 0.4) is 0 Å². The van der Waals surface area contributed by atoms with Gasteiger partial charge in [0.25, 0.3) is 0 Å². The van der Waals surface area contributed by atoms with Crippen LogP contribution in [0.1, 0.15) is 18.1 Å². The van der Waals surface area contributed by atoms with Crippen molar-refractivity contribution in [3.05, 3.63) is 35.6 Å². The molecule has 0 bridgehead atoms. The molecule has 0 aliphatic carbocycles. The molecule has 0 spiro atoms. The number of Topliss-reactive ketones (excluding diaryl/α,β-unsaturated/α-hetero) is 1. The van der Waals surface area contributed by atoms with Crippen molar-refractivity contribution in [3.8, 4) is 0 Å². The quantitative estimate of drug-likeness (QED) is 0.763. The van der Waals surface area contributed by atoms with Gasteiger partial charge in [-0.1, -0.05) is 23.4 Å². The van der Waals surface area contributed by atoms with Crippen LogP contribution in [0, 0.1) is 5.82 Å². The van der Waals surface area contributed by atoms with Gasteiger partial charge < -0.3 is 4.84 Å². The van der Waals surface area contributed by atoms with Crippen LogP contribution in [0.4, 0.5) is 4.39 Å². The molecule has 1 aliphatic heterocycles. The Kier molecular flexibility index (Phi) is 3.19. The number of halogens is 2. The van der Waals surface area contributed by atoms with Gasteiger partial charge in [-0.15, -0.1) is 11.6 Å². The Morgan fingerprint density at radius 3 is 3.00 bits per heavy atom. The molecule has 3 nitrogen and oxygen atoms in total. The minimum Gasteiger partial charge on any atom is -0.387 e. The topological polar surface area (TPSA) is 38.7 Å². The molecular formula is C11H9ClFNO2. The van der Waals surface area contributed by atoms with E-state index in [2.05, 4.69) is 5.16 Å². The molecular weight excluding hydrogens is 233 g/mol. The zero-order valence-electron chi connectivity index (χ0n) is 8.32. The first-order valence-corrected chi connectivity index (χ1v) is 5.32. The SMILES string of the molecule is O=C(CCl)C1=NOC(c2ccccc2F)C1. The summed E-state index contributed by atoms with van der Waals surface area (Å²) in [5.41, 5.74) is 0.673. The van der Waals surface area contributed by atoms with Crippen molar-refractivity contribution in [1.82, 2.24) is 0 Å². The lowest BCUT2D eigenvalue weighted by Gasteiger charge is -2.08. The van der Waals surface area contributed by atoms with Crippen molar-refractivity contribution in [2.45, 2.75) is 12.5 Å². The molecule has 1 atom stereocenters. The number of carbonyl (C=O) groups is 1. The summed E-state index contributed by atoms with van der Waals surface area (Å²) < 4.78 is 13.4. The van der Waals surface area contributed by atoms with Gasteiger partial charge >= 0.3 is 0 Å². The highest BCUT2D eigenvalue weighted by Crippen LogP contribution is 2.29. The summed E-state index contributed by atoms with van der Waals surface area (Å²) in [6.45, 7) is 0. The third kappa shape index (κ3) is 2.07. The van der Waals surface area contributed by atoms with Crippen LogP contribution in [0.25, 0.3) is 0 Å². The largest absolute Gasteiger partial charge is 0.387 e. The smallest absolute Gasteiger partial charge is 0.195 e. The van der Waals surface area contributed by atoms with Gasteiger partial charge in [-0.2, -0.15) is 0 Å². The first kappa shape index (κ1) is 11.1. The molecule has 1 unspecified atom stereocenters. The number of alkyl halides is 1. The van der Waals surface area contributed by atoms with E-state index in [1.165, 1.54) is 6.07 Å². The molecule has 0 saturated heterocycles. The number of benzene rings is 1. The summed E-state index contributed by atoms with van der Waals surface area (Å²) in [5.74, 6) is -0.769. The molecule has 16 heavy (non-hydrogen) atoms. The number of hydrogen-bond donors (Lipinski definition) is 0. The van der Waals surface area contributed by atoms with Gasteiger partial charge in [-0.25, -0.2) is 4.39 Å². The number of hydrogen-bond acceptors (Lipinski definition) is 3. The van der Waals surface area contributed by atoms with E-state index in [4.69, 9.17) is 16.4 Å². The van der Waals surface area contributed by atoms with Gasteiger partial charge in [0.05, 0.1) is 5.88 Å². The Morgan fingerprint density at radius 2 is 2.31 bits per heavy atom. The maximum atomic E-state index is 13.4. The third-order valence-electron chi connectivity index (χ3n) is 2.36. The zero-order chi connectivity index (χ0) is 11.5. The van der Waals surface area contributed by atoms with E-state index in [0.717, 1.165) is 0 Å². The summed E-state index contributed by atoms with van der Waals surface area (Å²) in [7, 11) is 0. The van der Waals surface area contributed by atoms with E-state index in [-0.39, 0.29) is 29.6 Å². The Morgan fingerprint density at radius 1 is 1.56 bits per heavy atom. The van der Waals surface area contributed by atoms with Crippen LogP contribution >= 0.6 is 11.6 Å². The van der Waals surface area contributed by atoms with Gasteiger partial charge in [-0.05, 0) is 6.07 Å². The predicted molar refractivity (Wildman–Crippen MR) is 58.0 cm³/mol. The van der Waals surface area contributed by atoms with Crippen molar-refractivity contribution in [2.24, 2.45) is 5.16 Å². The number of ketones is 1. The highest BCUT2D eigenvalue weighted by Gasteiger charge is 2.28. The Labute approximate surface area is 96.8 Å². The molecule has 1 aromatic carbocycles. The van der Waals surface area contributed by atoms with Crippen molar-refractivity contribution in [3.63, 3.8) is 0 Å². The molecule has 0 amide bonds. The minimum atomic E-state index is -0.525. The van der Waals surface area contributed by atoms with Crippen LogP contribution < -0.4 is 0 Å². The molecule has 1 heterocycles. The lowest BCUT2D eigenvalue weighted by atomic mass is 10.0. The van der Waals surface area contributed by atoms with Crippen LogP contribution in [-0.2, 0) is 9.63 Å². The fraction of sp³-hybridized carbons (Fsp3) is 0.273. The molecule has 1 aromatic rings. The molecule has 84 valence electrons. The Bertz CT molecular complexity index is 447. The monoisotopic (exact) mass is 241 g/mol. The van der Waals surface area contributed by atoms with Crippen LogP contribution in [0.15, 0.2) is 29.4 Å². The third-order valence-corrected chi connectivity index (χ3v) is 2.61. The Balaban J connectivity index is 2.12. The maximum Gasteiger partial charge on any atom is 0.195 e. The van der Waals surface area contributed by atoms with E-state index in [1.807, 2.05) is 0 Å². The number of carbonyl (C=O) groups excluding carboxylic acids is 1. The standard InChI is InChI=1S/C11H9ClFNO2/c12-6-10(15)9-5-11(16-14-9)7-3-1-2-4-8(7)13/h1-4,11H,5-6H2. The normalized spacial score (nSPS) is 19.1. The molecule has 0 saturated carbocycles. The molecule has 0 radical (unpaired) electrons. The van der Waals surface area contributed by atoms with Gasteiger partial charge in [0.1, 0.15) is 11.5 Å². The van der Waals surface area contributed by atoms with Crippen molar-refractivity contribution < 1.29 is 14.0 Å². The lowest BCUT2D eigenvalue weighted by Crippen LogP contribution is -2.14. The first-order chi connectivity index (χ1) is 7.72. The van der Waals surface area contributed by atoms with Gasteiger partial charge in [0, 0.05) is 12.0 Å². The molecule has 1 aliphatic rings. The predicted octanol–water partition coefficient (Wildman–Crippen LogP) is 2.45. The van der Waals surface area contributed by atoms with Crippen LogP contribution in [-0.4, -0.2) is 17.4 Å². The number of nitrogens with zero attached hydrogens (tertiary/aromatic N) is 1. The summed E-state index contributed by atoms with van der Waals surface area (Å²) in [4.78, 5) is 16.3. The number of rotatable bonds is 3. The molecule has 0 aromatic heterocycles. The van der Waals surface area contributed by atoms with Gasteiger partial charge in [-0.3, -0.25) is 4.79 Å². The first-order valence-electron chi connectivity index (χ1n) is 4.78. The minimum absolute atomic E-state index is 0.133. The highest BCUT2D eigenvalue weighted by molar-refractivity contribution is 6.49. The second-order valence-corrected chi connectivity index (χ2v) is 3.68. The summed E-state index contributed by atoms with van der Waals surface area (Å²) >= 11 is 5.40. The van der Waals surface area contributed by atoms with Crippen molar-refractivity contribution >= 4 is 23.1 Å². The summed E-state index contributed by atoms with van der Waals surface area (Å²) in [5, 5.41) is 3.62. The molecule has 0 N–H and O–H groups in total. The fourth-order valence-electron chi connectivity index (χ4n) is 1.52. The molecule has 5 heteroatoms.